The molecular formula is C10H13N3S2. The van der Waals surface area contributed by atoms with Crippen molar-refractivity contribution in [3.8, 4) is 9.88 Å². The van der Waals surface area contributed by atoms with E-state index in [0.29, 0.717) is 6.04 Å². The molecule has 0 bridgehead atoms. The van der Waals surface area contributed by atoms with Gasteiger partial charge in [-0.05, 0) is 13.5 Å². The Hall–Kier alpha value is -0.780. The summed E-state index contributed by atoms with van der Waals surface area (Å²) >= 11 is 3.31. The number of thiazole rings is 2. The van der Waals surface area contributed by atoms with Crippen LogP contribution in [0.2, 0.25) is 0 Å². The SMILES string of the molecule is CCNC(C)c1csc(-c2cncs2)n1. The van der Waals surface area contributed by atoms with Crippen molar-refractivity contribution in [3.05, 3.63) is 22.8 Å². The fourth-order valence-corrected chi connectivity index (χ4v) is 2.94. The van der Waals surface area contributed by atoms with Gasteiger partial charge in [0.25, 0.3) is 0 Å². The highest BCUT2D eigenvalue weighted by Gasteiger charge is 2.10. The summed E-state index contributed by atoms with van der Waals surface area (Å²) in [6.45, 7) is 5.20. The van der Waals surface area contributed by atoms with E-state index in [4.69, 9.17) is 0 Å². The number of aromatic nitrogens is 2. The molecule has 0 saturated carbocycles. The van der Waals surface area contributed by atoms with Crippen LogP contribution < -0.4 is 5.32 Å². The largest absolute Gasteiger partial charge is 0.309 e. The van der Waals surface area contributed by atoms with E-state index in [9.17, 15) is 0 Å². The summed E-state index contributed by atoms with van der Waals surface area (Å²) in [4.78, 5) is 9.80. The molecule has 1 unspecified atom stereocenters. The van der Waals surface area contributed by atoms with Gasteiger partial charge in [0.15, 0.2) is 0 Å². The molecule has 0 aromatic carbocycles. The Kier molecular flexibility index (Phi) is 3.45. The fourth-order valence-electron chi connectivity index (χ4n) is 1.33. The molecule has 2 aromatic rings. The predicted molar refractivity (Wildman–Crippen MR) is 65.3 cm³/mol. The Balaban J connectivity index is 2.17. The van der Waals surface area contributed by atoms with Gasteiger partial charge in [0.1, 0.15) is 5.01 Å². The quantitative estimate of drug-likeness (QED) is 0.891. The van der Waals surface area contributed by atoms with Crippen LogP contribution in [0.4, 0.5) is 0 Å². The smallest absolute Gasteiger partial charge is 0.135 e. The third kappa shape index (κ3) is 2.42. The number of nitrogens with one attached hydrogen (secondary N) is 1. The lowest BCUT2D eigenvalue weighted by atomic mass is 10.2. The molecule has 0 aliphatic heterocycles. The van der Waals surface area contributed by atoms with Gasteiger partial charge in [0.2, 0.25) is 0 Å². The first-order valence-corrected chi connectivity index (χ1v) is 6.65. The second-order valence-electron chi connectivity index (χ2n) is 3.22. The molecule has 0 fully saturated rings. The van der Waals surface area contributed by atoms with Gasteiger partial charge in [0.05, 0.1) is 16.1 Å². The lowest BCUT2D eigenvalue weighted by Crippen LogP contribution is -2.17. The van der Waals surface area contributed by atoms with Crippen LogP contribution in [0.1, 0.15) is 25.6 Å². The van der Waals surface area contributed by atoms with Crippen molar-refractivity contribution in [2.75, 3.05) is 6.54 Å². The highest BCUT2D eigenvalue weighted by Crippen LogP contribution is 2.28. The summed E-state index contributed by atoms with van der Waals surface area (Å²) in [6, 6.07) is 0.327. The molecule has 80 valence electrons. The van der Waals surface area contributed by atoms with Crippen molar-refractivity contribution in [1.82, 2.24) is 15.3 Å². The summed E-state index contributed by atoms with van der Waals surface area (Å²) in [5.74, 6) is 0. The number of hydrogen-bond acceptors (Lipinski definition) is 5. The second kappa shape index (κ2) is 4.83. The molecule has 2 heterocycles. The van der Waals surface area contributed by atoms with Crippen molar-refractivity contribution < 1.29 is 0 Å². The van der Waals surface area contributed by atoms with E-state index in [2.05, 4.69) is 34.5 Å². The molecule has 0 spiro atoms. The highest BCUT2D eigenvalue weighted by molar-refractivity contribution is 7.19. The molecule has 0 saturated heterocycles. The van der Waals surface area contributed by atoms with E-state index in [1.807, 2.05) is 11.7 Å². The lowest BCUT2D eigenvalue weighted by Gasteiger charge is -2.07. The maximum Gasteiger partial charge on any atom is 0.135 e. The predicted octanol–water partition coefficient (Wildman–Crippen LogP) is 2.94. The third-order valence-corrected chi connectivity index (χ3v) is 3.92. The van der Waals surface area contributed by atoms with Crippen LogP contribution in [0.25, 0.3) is 9.88 Å². The van der Waals surface area contributed by atoms with Gasteiger partial charge in [-0.2, -0.15) is 0 Å². The molecule has 2 rings (SSSR count). The van der Waals surface area contributed by atoms with Crippen molar-refractivity contribution in [3.63, 3.8) is 0 Å². The Labute approximate surface area is 97.2 Å². The molecule has 2 aromatic heterocycles. The van der Waals surface area contributed by atoms with Crippen molar-refractivity contribution >= 4 is 22.7 Å². The maximum atomic E-state index is 4.60. The molecule has 15 heavy (non-hydrogen) atoms. The van der Waals surface area contributed by atoms with Crippen LogP contribution in [-0.2, 0) is 0 Å². The molecule has 0 amide bonds. The zero-order valence-electron chi connectivity index (χ0n) is 8.73. The maximum absolute atomic E-state index is 4.60. The third-order valence-electron chi connectivity index (χ3n) is 2.12. The Bertz CT molecular complexity index is 408. The average molecular weight is 239 g/mol. The van der Waals surface area contributed by atoms with E-state index in [1.165, 1.54) is 0 Å². The summed E-state index contributed by atoms with van der Waals surface area (Å²) < 4.78 is 0. The minimum atomic E-state index is 0.327. The van der Waals surface area contributed by atoms with E-state index >= 15 is 0 Å². The lowest BCUT2D eigenvalue weighted by molar-refractivity contribution is 0.587. The van der Waals surface area contributed by atoms with Gasteiger partial charge in [-0.1, -0.05) is 6.92 Å². The van der Waals surface area contributed by atoms with Crippen LogP contribution >= 0.6 is 22.7 Å². The second-order valence-corrected chi connectivity index (χ2v) is 4.97. The Morgan fingerprint density at radius 1 is 1.47 bits per heavy atom. The zero-order chi connectivity index (χ0) is 10.7. The van der Waals surface area contributed by atoms with Gasteiger partial charge in [-0.25, -0.2) is 4.98 Å². The molecular weight excluding hydrogens is 226 g/mol. The van der Waals surface area contributed by atoms with Gasteiger partial charge in [-0.3, -0.25) is 4.98 Å². The molecule has 0 aliphatic rings. The van der Waals surface area contributed by atoms with Crippen LogP contribution in [0.3, 0.4) is 0 Å². The normalized spacial score (nSPS) is 12.9. The summed E-state index contributed by atoms with van der Waals surface area (Å²) in [7, 11) is 0. The van der Waals surface area contributed by atoms with Crippen molar-refractivity contribution in [2.45, 2.75) is 19.9 Å². The van der Waals surface area contributed by atoms with Gasteiger partial charge < -0.3 is 5.32 Å². The first-order valence-electron chi connectivity index (χ1n) is 4.89. The molecule has 0 radical (unpaired) electrons. The summed E-state index contributed by atoms with van der Waals surface area (Å²) in [6.07, 6.45) is 1.87. The van der Waals surface area contributed by atoms with Crippen molar-refractivity contribution in [1.29, 1.82) is 0 Å². The summed E-state index contributed by atoms with van der Waals surface area (Å²) in [5, 5.41) is 6.53. The Morgan fingerprint density at radius 2 is 2.33 bits per heavy atom. The first kappa shape index (κ1) is 10.7. The first-order chi connectivity index (χ1) is 7.31. The van der Waals surface area contributed by atoms with Gasteiger partial charge in [-0.15, -0.1) is 22.7 Å². The molecule has 0 aliphatic carbocycles. The average Bonchev–Trinajstić information content (AvgIpc) is 2.89. The molecule has 3 nitrogen and oxygen atoms in total. The van der Waals surface area contributed by atoms with E-state index < -0.39 is 0 Å². The molecule has 1 atom stereocenters. The number of hydrogen-bond donors (Lipinski definition) is 1. The van der Waals surface area contributed by atoms with E-state index in [0.717, 1.165) is 22.1 Å². The molecule has 1 N–H and O–H groups in total. The van der Waals surface area contributed by atoms with Crippen LogP contribution in [-0.4, -0.2) is 16.5 Å². The molecule has 5 heteroatoms. The fraction of sp³-hybridized carbons (Fsp3) is 0.400. The minimum Gasteiger partial charge on any atom is -0.309 e. The Morgan fingerprint density at radius 3 is 3.00 bits per heavy atom. The number of nitrogens with zero attached hydrogens (tertiary/aromatic N) is 2. The van der Waals surface area contributed by atoms with Crippen LogP contribution in [0, 0.1) is 0 Å². The van der Waals surface area contributed by atoms with Gasteiger partial charge >= 0.3 is 0 Å². The van der Waals surface area contributed by atoms with Gasteiger partial charge in [0, 0.05) is 17.6 Å². The zero-order valence-corrected chi connectivity index (χ0v) is 10.4. The van der Waals surface area contributed by atoms with Crippen LogP contribution in [0.15, 0.2) is 17.1 Å². The summed E-state index contributed by atoms with van der Waals surface area (Å²) in [5.41, 5.74) is 2.95. The minimum absolute atomic E-state index is 0.327. The van der Waals surface area contributed by atoms with Crippen LogP contribution in [0.5, 0.6) is 0 Å². The van der Waals surface area contributed by atoms with Crippen molar-refractivity contribution in [2.24, 2.45) is 0 Å². The van der Waals surface area contributed by atoms with E-state index in [1.54, 1.807) is 22.7 Å². The monoisotopic (exact) mass is 239 g/mol. The topological polar surface area (TPSA) is 37.8 Å². The van der Waals surface area contributed by atoms with E-state index in [-0.39, 0.29) is 0 Å². The number of rotatable bonds is 4. The highest BCUT2D eigenvalue weighted by atomic mass is 32.1. The standard InChI is InChI=1S/C10H13N3S2/c1-3-12-7(2)8-5-14-10(13-8)9-4-11-6-15-9/h4-7,12H,3H2,1-2H3.